The van der Waals surface area contributed by atoms with Crippen molar-refractivity contribution in [2.45, 2.75) is 46.2 Å². The van der Waals surface area contributed by atoms with Crippen LogP contribution in [0.3, 0.4) is 0 Å². The molecule has 0 amide bonds. The lowest BCUT2D eigenvalue weighted by atomic mass is 10.1. The maximum Gasteiger partial charge on any atom is 0.146 e. The van der Waals surface area contributed by atoms with Crippen molar-refractivity contribution >= 4 is 27.4 Å². The summed E-state index contributed by atoms with van der Waals surface area (Å²) in [6.45, 7) is 8.24. The third kappa shape index (κ3) is 3.27. The molecule has 5 heteroatoms. The van der Waals surface area contributed by atoms with Crippen molar-refractivity contribution < 1.29 is 0 Å². The van der Waals surface area contributed by atoms with E-state index < -0.39 is 0 Å². The monoisotopic (exact) mass is 292 g/mol. The van der Waals surface area contributed by atoms with E-state index in [1.807, 2.05) is 0 Å². The highest BCUT2D eigenvalue weighted by molar-refractivity contribution is 7.16. The van der Waals surface area contributed by atoms with Crippen LogP contribution in [0.5, 0.6) is 0 Å². The summed E-state index contributed by atoms with van der Waals surface area (Å²) in [5.74, 6) is 1.87. The molecule has 0 atom stereocenters. The van der Waals surface area contributed by atoms with Crippen LogP contribution in [0, 0.1) is 0 Å². The molecule has 0 spiro atoms. The lowest BCUT2D eigenvalue weighted by Gasteiger charge is -2.25. The van der Waals surface area contributed by atoms with Gasteiger partial charge in [0, 0.05) is 12.6 Å². The van der Waals surface area contributed by atoms with Gasteiger partial charge in [0.1, 0.15) is 16.5 Å². The number of nitrogens with one attached hydrogen (secondary N) is 1. The lowest BCUT2D eigenvalue weighted by molar-refractivity contribution is 0.217. The normalized spacial score (nSPS) is 11.7. The van der Waals surface area contributed by atoms with Gasteiger partial charge in [0.2, 0.25) is 0 Å². The average molecular weight is 292 g/mol. The summed E-state index contributed by atoms with van der Waals surface area (Å²) in [6.07, 6.45) is 2.32. The maximum atomic E-state index is 4.70. The van der Waals surface area contributed by atoms with E-state index in [1.165, 1.54) is 0 Å². The van der Waals surface area contributed by atoms with Crippen LogP contribution in [-0.2, 0) is 6.54 Å². The average Bonchev–Trinajstić information content (AvgIpc) is 2.89. The Labute approximate surface area is 125 Å². The third-order valence-electron chi connectivity index (χ3n) is 3.67. The first-order chi connectivity index (χ1) is 9.69. The molecular formula is C15H24N4S. The molecule has 0 fully saturated rings. The van der Waals surface area contributed by atoms with E-state index in [4.69, 9.17) is 9.97 Å². The first kappa shape index (κ1) is 15.2. The Kier molecular flexibility index (Phi) is 5.31. The van der Waals surface area contributed by atoms with E-state index in [-0.39, 0.29) is 0 Å². The fourth-order valence-electron chi connectivity index (χ4n) is 2.54. The van der Waals surface area contributed by atoms with Gasteiger partial charge < -0.3 is 5.32 Å². The molecule has 0 aliphatic heterocycles. The van der Waals surface area contributed by atoms with Gasteiger partial charge in [0.25, 0.3) is 0 Å². The molecule has 2 heterocycles. The Bertz CT molecular complexity index is 548. The Morgan fingerprint density at radius 1 is 1.25 bits per heavy atom. The molecule has 110 valence electrons. The van der Waals surface area contributed by atoms with E-state index in [0.717, 1.165) is 47.8 Å². The second kappa shape index (κ2) is 6.99. The molecule has 0 unspecified atom stereocenters. The second-order valence-electron chi connectivity index (χ2n) is 5.04. The number of thiophene rings is 1. The van der Waals surface area contributed by atoms with Gasteiger partial charge >= 0.3 is 0 Å². The standard InChI is InChI=1S/C15H24N4S/c1-5-11(6-2)19(4)10-13-17-14(16-7-3)12-8-9-20-15(12)18-13/h8-9,11H,5-7,10H2,1-4H3,(H,16,17,18). The summed E-state index contributed by atoms with van der Waals surface area (Å²) in [7, 11) is 2.16. The van der Waals surface area contributed by atoms with Gasteiger partial charge in [-0.15, -0.1) is 11.3 Å². The number of nitrogens with zero attached hydrogens (tertiary/aromatic N) is 3. The van der Waals surface area contributed by atoms with Crippen LogP contribution in [0.1, 0.15) is 39.4 Å². The minimum Gasteiger partial charge on any atom is -0.370 e. The summed E-state index contributed by atoms with van der Waals surface area (Å²) in [5, 5.41) is 6.55. The van der Waals surface area contributed by atoms with Gasteiger partial charge in [-0.25, -0.2) is 9.97 Å². The smallest absolute Gasteiger partial charge is 0.146 e. The van der Waals surface area contributed by atoms with Crippen molar-refractivity contribution in [3.05, 3.63) is 17.3 Å². The van der Waals surface area contributed by atoms with Crippen LogP contribution in [-0.4, -0.2) is 34.5 Å². The summed E-state index contributed by atoms with van der Waals surface area (Å²) < 4.78 is 0. The topological polar surface area (TPSA) is 41.1 Å². The minimum absolute atomic E-state index is 0.597. The highest BCUT2D eigenvalue weighted by Crippen LogP contribution is 2.25. The van der Waals surface area contributed by atoms with Gasteiger partial charge in [-0.05, 0) is 38.3 Å². The molecule has 0 saturated carbocycles. The van der Waals surface area contributed by atoms with E-state index in [1.54, 1.807) is 11.3 Å². The van der Waals surface area contributed by atoms with Crippen LogP contribution in [0.25, 0.3) is 10.2 Å². The molecule has 0 bridgehead atoms. The fraction of sp³-hybridized carbons (Fsp3) is 0.600. The van der Waals surface area contributed by atoms with Gasteiger partial charge in [-0.2, -0.15) is 0 Å². The molecule has 0 radical (unpaired) electrons. The molecule has 0 aliphatic carbocycles. The van der Waals surface area contributed by atoms with E-state index >= 15 is 0 Å². The molecular weight excluding hydrogens is 268 g/mol. The Balaban J connectivity index is 2.25. The second-order valence-corrected chi connectivity index (χ2v) is 5.94. The van der Waals surface area contributed by atoms with Gasteiger partial charge in [-0.3, -0.25) is 4.90 Å². The number of hydrogen-bond acceptors (Lipinski definition) is 5. The predicted molar refractivity (Wildman–Crippen MR) is 87.4 cm³/mol. The minimum atomic E-state index is 0.597. The van der Waals surface area contributed by atoms with Crippen molar-refractivity contribution in [2.75, 3.05) is 18.9 Å². The Morgan fingerprint density at radius 2 is 2.00 bits per heavy atom. The number of hydrogen-bond donors (Lipinski definition) is 1. The third-order valence-corrected chi connectivity index (χ3v) is 4.48. The highest BCUT2D eigenvalue weighted by Gasteiger charge is 2.14. The first-order valence-electron chi connectivity index (χ1n) is 7.37. The molecule has 2 aromatic rings. The van der Waals surface area contributed by atoms with E-state index in [0.29, 0.717) is 6.04 Å². The van der Waals surface area contributed by atoms with Crippen LogP contribution in [0.4, 0.5) is 5.82 Å². The SMILES string of the molecule is CCNc1nc(CN(C)C(CC)CC)nc2sccc12. The Morgan fingerprint density at radius 3 is 2.65 bits per heavy atom. The molecule has 0 saturated heterocycles. The molecule has 2 rings (SSSR count). The molecule has 2 aromatic heterocycles. The first-order valence-corrected chi connectivity index (χ1v) is 8.25. The van der Waals surface area contributed by atoms with Crippen molar-refractivity contribution in [2.24, 2.45) is 0 Å². The molecule has 4 nitrogen and oxygen atoms in total. The fourth-order valence-corrected chi connectivity index (χ4v) is 3.32. The largest absolute Gasteiger partial charge is 0.370 e. The number of anilines is 1. The summed E-state index contributed by atoms with van der Waals surface area (Å²) in [5.41, 5.74) is 0. The van der Waals surface area contributed by atoms with Crippen LogP contribution < -0.4 is 5.32 Å². The molecule has 20 heavy (non-hydrogen) atoms. The molecule has 0 aromatic carbocycles. The summed E-state index contributed by atoms with van der Waals surface area (Å²) >= 11 is 1.68. The van der Waals surface area contributed by atoms with E-state index in [9.17, 15) is 0 Å². The van der Waals surface area contributed by atoms with Crippen molar-refractivity contribution in [3.8, 4) is 0 Å². The van der Waals surface area contributed by atoms with Gasteiger partial charge in [0.05, 0.1) is 11.9 Å². The zero-order chi connectivity index (χ0) is 14.5. The van der Waals surface area contributed by atoms with Crippen molar-refractivity contribution in [1.82, 2.24) is 14.9 Å². The van der Waals surface area contributed by atoms with Gasteiger partial charge in [0.15, 0.2) is 0 Å². The molecule has 0 aliphatic rings. The van der Waals surface area contributed by atoms with Gasteiger partial charge in [-0.1, -0.05) is 13.8 Å². The number of aromatic nitrogens is 2. The summed E-state index contributed by atoms with van der Waals surface area (Å²) in [4.78, 5) is 12.8. The predicted octanol–water partition coefficient (Wildman–Crippen LogP) is 3.74. The number of rotatable bonds is 7. The zero-order valence-corrected chi connectivity index (χ0v) is 13.6. The summed E-state index contributed by atoms with van der Waals surface area (Å²) in [6, 6.07) is 2.69. The van der Waals surface area contributed by atoms with E-state index in [2.05, 4.69) is 49.5 Å². The quantitative estimate of drug-likeness (QED) is 0.844. The van der Waals surface area contributed by atoms with Crippen molar-refractivity contribution in [1.29, 1.82) is 0 Å². The van der Waals surface area contributed by atoms with Crippen LogP contribution >= 0.6 is 11.3 Å². The molecule has 1 N–H and O–H groups in total. The van der Waals surface area contributed by atoms with Crippen molar-refractivity contribution in [3.63, 3.8) is 0 Å². The highest BCUT2D eigenvalue weighted by atomic mass is 32.1. The Hall–Kier alpha value is -1.20. The van der Waals surface area contributed by atoms with Crippen LogP contribution in [0.2, 0.25) is 0 Å². The van der Waals surface area contributed by atoms with Crippen LogP contribution in [0.15, 0.2) is 11.4 Å². The number of fused-ring (bicyclic) bond motifs is 1. The lowest BCUT2D eigenvalue weighted by Crippen LogP contribution is -2.30. The zero-order valence-electron chi connectivity index (χ0n) is 12.8. The maximum absolute atomic E-state index is 4.70.